The third-order valence-corrected chi connectivity index (χ3v) is 5.82. The van der Waals surface area contributed by atoms with Gasteiger partial charge in [-0.05, 0) is 24.3 Å². The molecule has 0 aromatic heterocycles. The number of hydroxylamine groups is 4. The van der Waals surface area contributed by atoms with Gasteiger partial charge in [0.05, 0.1) is 26.2 Å². The van der Waals surface area contributed by atoms with Gasteiger partial charge in [0.25, 0.3) is 0 Å². The summed E-state index contributed by atoms with van der Waals surface area (Å²) in [5.74, 6) is -0.00363. The van der Waals surface area contributed by atoms with E-state index in [0.29, 0.717) is 37.7 Å². The summed E-state index contributed by atoms with van der Waals surface area (Å²) in [6.07, 6.45) is 0.876. The zero-order valence-corrected chi connectivity index (χ0v) is 20.2. The molecule has 2 saturated heterocycles. The second-order valence-corrected chi connectivity index (χ2v) is 8.33. The van der Waals surface area contributed by atoms with Crippen LogP contribution in [-0.2, 0) is 28.7 Å². The molecule has 4 rings (SSSR count). The number of benzene rings is 2. The van der Waals surface area contributed by atoms with Gasteiger partial charge in [0.2, 0.25) is 0 Å². The Balaban J connectivity index is 1.22. The SMILES string of the molecule is COC1CN(OC(=O)/C=C/C(=O)ON2CC(OC)C(Oc3ccccc3)C2)CC1Oc1ccccc1. The Labute approximate surface area is 209 Å². The summed E-state index contributed by atoms with van der Waals surface area (Å²) in [7, 11) is 3.16. The minimum atomic E-state index is -0.705. The number of hydrogen-bond donors (Lipinski definition) is 0. The summed E-state index contributed by atoms with van der Waals surface area (Å²) in [6, 6.07) is 18.7. The average molecular weight is 499 g/mol. The van der Waals surface area contributed by atoms with Crippen molar-refractivity contribution in [2.45, 2.75) is 24.4 Å². The highest BCUT2D eigenvalue weighted by Crippen LogP contribution is 2.22. The van der Waals surface area contributed by atoms with E-state index in [9.17, 15) is 9.59 Å². The van der Waals surface area contributed by atoms with Gasteiger partial charge in [-0.1, -0.05) is 36.4 Å². The monoisotopic (exact) mass is 498 g/mol. The number of hydrogen-bond acceptors (Lipinski definition) is 10. The molecule has 0 aliphatic carbocycles. The summed E-state index contributed by atoms with van der Waals surface area (Å²) in [5.41, 5.74) is 0. The second kappa shape index (κ2) is 12.5. The van der Waals surface area contributed by atoms with E-state index in [4.69, 9.17) is 28.6 Å². The van der Waals surface area contributed by atoms with E-state index >= 15 is 0 Å². The largest absolute Gasteiger partial charge is 0.486 e. The zero-order valence-electron chi connectivity index (χ0n) is 20.2. The maximum absolute atomic E-state index is 12.3. The van der Waals surface area contributed by atoms with Gasteiger partial charge in [-0.3, -0.25) is 0 Å². The molecule has 2 aliphatic heterocycles. The molecule has 4 unspecified atom stereocenters. The normalized spacial score (nSPS) is 24.6. The summed E-state index contributed by atoms with van der Waals surface area (Å²) < 4.78 is 22.8. The van der Waals surface area contributed by atoms with Crippen LogP contribution in [0.2, 0.25) is 0 Å². The van der Waals surface area contributed by atoms with Gasteiger partial charge in [-0.15, -0.1) is 10.1 Å². The van der Waals surface area contributed by atoms with Crippen molar-refractivity contribution in [2.24, 2.45) is 0 Å². The predicted octanol–water partition coefficient (Wildman–Crippen LogP) is 2.02. The van der Waals surface area contributed by atoms with Crippen LogP contribution in [0.25, 0.3) is 0 Å². The Bertz CT molecular complexity index is 938. The molecular weight excluding hydrogens is 468 g/mol. The highest BCUT2D eigenvalue weighted by atomic mass is 16.7. The summed E-state index contributed by atoms with van der Waals surface area (Å²) in [6.45, 7) is 1.33. The fourth-order valence-corrected chi connectivity index (χ4v) is 4.05. The zero-order chi connectivity index (χ0) is 25.3. The van der Waals surface area contributed by atoms with Crippen LogP contribution in [0.4, 0.5) is 0 Å². The Morgan fingerprint density at radius 2 is 1.00 bits per heavy atom. The van der Waals surface area contributed by atoms with Gasteiger partial charge in [-0.2, -0.15) is 0 Å². The average Bonchev–Trinajstić information content (AvgIpc) is 3.46. The molecule has 10 nitrogen and oxygen atoms in total. The number of carbonyl (C=O) groups excluding carboxylic acids is 2. The molecule has 0 amide bonds. The van der Waals surface area contributed by atoms with Crippen molar-refractivity contribution < 1.29 is 38.2 Å². The van der Waals surface area contributed by atoms with Crippen LogP contribution >= 0.6 is 0 Å². The molecule has 0 saturated carbocycles. The van der Waals surface area contributed by atoms with E-state index < -0.39 is 11.9 Å². The molecule has 2 aromatic rings. The van der Waals surface area contributed by atoms with Crippen LogP contribution in [0.5, 0.6) is 11.5 Å². The van der Waals surface area contributed by atoms with Crippen molar-refractivity contribution in [3.05, 3.63) is 72.8 Å². The Hall–Kier alpha value is -3.44. The summed E-state index contributed by atoms with van der Waals surface area (Å²) in [5, 5.41) is 2.91. The summed E-state index contributed by atoms with van der Waals surface area (Å²) >= 11 is 0. The Kier molecular flexibility index (Phi) is 8.90. The van der Waals surface area contributed by atoms with Gasteiger partial charge in [-0.25, -0.2) is 9.59 Å². The van der Waals surface area contributed by atoms with Crippen LogP contribution in [0.3, 0.4) is 0 Å². The highest BCUT2D eigenvalue weighted by molar-refractivity contribution is 5.91. The number of ether oxygens (including phenoxy) is 4. The molecule has 0 radical (unpaired) electrons. The van der Waals surface area contributed by atoms with Crippen molar-refractivity contribution in [2.75, 3.05) is 40.4 Å². The van der Waals surface area contributed by atoms with Gasteiger partial charge in [0.1, 0.15) is 35.9 Å². The van der Waals surface area contributed by atoms with E-state index in [2.05, 4.69) is 0 Å². The molecular formula is C26H30N2O8. The fourth-order valence-electron chi connectivity index (χ4n) is 4.05. The topological polar surface area (TPSA) is 96.0 Å². The molecule has 2 fully saturated rings. The predicted molar refractivity (Wildman–Crippen MR) is 128 cm³/mol. The van der Waals surface area contributed by atoms with Crippen LogP contribution in [-0.4, -0.2) is 86.9 Å². The lowest BCUT2D eigenvalue weighted by Crippen LogP contribution is -2.31. The first-order valence-electron chi connectivity index (χ1n) is 11.6. The van der Waals surface area contributed by atoms with Gasteiger partial charge < -0.3 is 28.6 Å². The second-order valence-electron chi connectivity index (χ2n) is 8.33. The molecule has 192 valence electrons. The standard InChI is InChI=1S/C26H30N2O8/c1-31-21-15-27(17-23(21)33-19-9-5-3-6-10-19)35-25(29)13-14-26(30)36-28-16-22(32-2)24(18-28)34-20-11-7-4-8-12-20/h3-14,21-24H,15-18H2,1-2H3/b14-13+. The maximum Gasteiger partial charge on any atom is 0.349 e. The third kappa shape index (κ3) is 7.05. The Morgan fingerprint density at radius 3 is 1.36 bits per heavy atom. The summed E-state index contributed by atoms with van der Waals surface area (Å²) in [4.78, 5) is 35.2. The lowest BCUT2D eigenvalue weighted by Gasteiger charge is -2.18. The van der Waals surface area contributed by atoms with Crippen molar-refractivity contribution in [1.82, 2.24) is 10.1 Å². The number of carbonyl (C=O) groups is 2. The lowest BCUT2D eigenvalue weighted by atomic mass is 10.2. The van der Waals surface area contributed by atoms with E-state index in [1.165, 1.54) is 10.1 Å². The van der Waals surface area contributed by atoms with Gasteiger partial charge in [0.15, 0.2) is 0 Å². The quantitative estimate of drug-likeness (QED) is 0.453. The molecule has 0 N–H and O–H groups in total. The van der Waals surface area contributed by atoms with Crippen LogP contribution in [0.15, 0.2) is 72.8 Å². The maximum atomic E-state index is 12.3. The fraction of sp³-hybridized carbons (Fsp3) is 0.385. The molecule has 2 aliphatic rings. The molecule has 2 aromatic carbocycles. The lowest BCUT2D eigenvalue weighted by molar-refractivity contribution is -0.183. The first-order chi connectivity index (χ1) is 17.5. The number of rotatable bonds is 10. The molecule has 0 spiro atoms. The van der Waals surface area contributed by atoms with Crippen LogP contribution in [0, 0.1) is 0 Å². The minimum absolute atomic E-state index is 0.276. The van der Waals surface area contributed by atoms with Crippen molar-refractivity contribution in [3.63, 3.8) is 0 Å². The minimum Gasteiger partial charge on any atom is -0.486 e. The molecule has 2 heterocycles. The Morgan fingerprint density at radius 1 is 0.639 bits per heavy atom. The first kappa shape index (κ1) is 25.6. The third-order valence-electron chi connectivity index (χ3n) is 5.82. The molecule has 36 heavy (non-hydrogen) atoms. The van der Waals surface area contributed by atoms with Gasteiger partial charge in [0, 0.05) is 26.4 Å². The van der Waals surface area contributed by atoms with Crippen molar-refractivity contribution in [3.8, 4) is 11.5 Å². The molecule has 0 bridgehead atoms. The van der Waals surface area contributed by atoms with Crippen molar-refractivity contribution >= 4 is 11.9 Å². The van der Waals surface area contributed by atoms with E-state index in [-0.39, 0.29) is 24.4 Å². The number of para-hydroxylation sites is 2. The van der Waals surface area contributed by atoms with E-state index in [1.54, 1.807) is 14.2 Å². The molecule has 10 heteroatoms. The first-order valence-corrected chi connectivity index (χ1v) is 11.6. The molecule has 4 atom stereocenters. The van der Waals surface area contributed by atoms with E-state index in [0.717, 1.165) is 12.2 Å². The van der Waals surface area contributed by atoms with Crippen LogP contribution in [0.1, 0.15) is 0 Å². The van der Waals surface area contributed by atoms with Gasteiger partial charge >= 0.3 is 11.9 Å². The smallest absolute Gasteiger partial charge is 0.349 e. The van der Waals surface area contributed by atoms with Crippen LogP contribution < -0.4 is 9.47 Å². The van der Waals surface area contributed by atoms with Crippen molar-refractivity contribution in [1.29, 1.82) is 0 Å². The number of methoxy groups -OCH3 is 2. The van der Waals surface area contributed by atoms with E-state index in [1.807, 2.05) is 60.7 Å². The number of nitrogens with zero attached hydrogens (tertiary/aromatic N) is 2. The highest BCUT2D eigenvalue weighted by Gasteiger charge is 2.38.